The lowest BCUT2D eigenvalue weighted by Crippen LogP contribution is -2.26. The Kier molecular flexibility index (Phi) is 5.64. The van der Waals surface area contributed by atoms with E-state index in [2.05, 4.69) is 15.9 Å². The van der Waals surface area contributed by atoms with Gasteiger partial charge in [-0.25, -0.2) is 0 Å². The van der Waals surface area contributed by atoms with Crippen molar-refractivity contribution in [2.75, 3.05) is 27.3 Å². The molecule has 1 saturated heterocycles. The van der Waals surface area contributed by atoms with Crippen LogP contribution in [0.25, 0.3) is 6.08 Å². The summed E-state index contributed by atoms with van der Waals surface area (Å²) in [6.45, 7) is 4.91. The molecular formula is C16H19BrN2O3S. The quantitative estimate of drug-likeness (QED) is 0.562. The van der Waals surface area contributed by atoms with Crippen molar-refractivity contribution in [1.29, 1.82) is 0 Å². The molecule has 1 aromatic rings. The maximum atomic E-state index is 12.3. The van der Waals surface area contributed by atoms with Crippen molar-refractivity contribution in [3.63, 3.8) is 0 Å². The van der Waals surface area contributed by atoms with E-state index in [0.717, 1.165) is 10.0 Å². The minimum atomic E-state index is -0.128. The number of ether oxygens (including phenoxy) is 2. The molecule has 0 N–H and O–H groups in total. The number of rotatable bonds is 5. The van der Waals surface area contributed by atoms with E-state index in [-0.39, 0.29) is 5.91 Å². The lowest BCUT2D eigenvalue weighted by Gasteiger charge is -2.14. The minimum absolute atomic E-state index is 0.128. The van der Waals surface area contributed by atoms with Crippen LogP contribution in [0.1, 0.15) is 19.4 Å². The van der Waals surface area contributed by atoms with E-state index in [1.54, 1.807) is 25.1 Å². The van der Waals surface area contributed by atoms with Crippen LogP contribution in [0.4, 0.5) is 0 Å². The number of nitrogens with zero attached hydrogens (tertiary/aromatic N) is 2. The first-order valence-corrected chi connectivity index (χ1v) is 8.47. The highest BCUT2D eigenvalue weighted by Gasteiger charge is 2.32. The van der Waals surface area contributed by atoms with E-state index in [1.165, 1.54) is 4.90 Å². The molecule has 1 aromatic carbocycles. The number of carbonyl (C=O) groups is 1. The number of thiocarbonyl (C=S) groups is 1. The first-order valence-electron chi connectivity index (χ1n) is 7.27. The standard InChI is InChI=1S/C16H19BrN2O3S/c1-5-21-13-8-10(11(17)9-14(13)22-6-2)7-12-15(20)19(4)16(23)18(12)3/h7-9H,5-6H2,1-4H3/b12-7-. The normalized spacial score (nSPS) is 16.5. The number of hydrogen-bond acceptors (Lipinski definition) is 4. The van der Waals surface area contributed by atoms with Crippen LogP contribution in [0.15, 0.2) is 22.3 Å². The van der Waals surface area contributed by atoms with E-state index in [9.17, 15) is 4.79 Å². The van der Waals surface area contributed by atoms with Crippen molar-refractivity contribution in [3.05, 3.63) is 27.9 Å². The molecule has 1 heterocycles. The van der Waals surface area contributed by atoms with Gasteiger partial charge in [0.15, 0.2) is 16.6 Å². The second-order valence-electron chi connectivity index (χ2n) is 4.92. The van der Waals surface area contributed by atoms with Gasteiger partial charge in [-0.1, -0.05) is 15.9 Å². The van der Waals surface area contributed by atoms with Gasteiger partial charge in [0.1, 0.15) is 5.70 Å². The van der Waals surface area contributed by atoms with Crippen molar-refractivity contribution in [1.82, 2.24) is 9.80 Å². The summed E-state index contributed by atoms with van der Waals surface area (Å²) in [5.41, 5.74) is 1.34. The molecule has 0 bridgehead atoms. The van der Waals surface area contributed by atoms with Gasteiger partial charge in [0, 0.05) is 18.6 Å². The Bertz CT molecular complexity index is 676. The molecule has 0 spiro atoms. The Labute approximate surface area is 150 Å². The molecule has 0 aliphatic carbocycles. The fourth-order valence-electron chi connectivity index (χ4n) is 2.23. The zero-order chi connectivity index (χ0) is 17.1. The monoisotopic (exact) mass is 398 g/mol. The summed E-state index contributed by atoms with van der Waals surface area (Å²) in [4.78, 5) is 15.4. The number of halogens is 1. The Hall–Kier alpha value is -1.60. The summed E-state index contributed by atoms with van der Waals surface area (Å²) in [5.74, 6) is 1.19. The number of carbonyl (C=O) groups excluding carboxylic acids is 1. The summed E-state index contributed by atoms with van der Waals surface area (Å²) >= 11 is 8.75. The molecule has 23 heavy (non-hydrogen) atoms. The highest BCUT2D eigenvalue weighted by Crippen LogP contribution is 2.35. The SMILES string of the molecule is CCOc1cc(Br)c(/C=C2/C(=O)N(C)C(=S)N2C)cc1OCC. The summed E-state index contributed by atoms with van der Waals surface area (Å²) in [6, 6.07) is 3.70. The van der Waals surface area contributed by atoms with Gasteiger partial charge in [-0.2, -0.15) is 0 Å². The highest BCUT2D eigenvalue weighted by molar-refractivity contribution is 9.10. The van der Waals surface area contributed by atoms with E-state index < -0.39 is 0 Å². The third-order valence-corrected chi connectivity index (χ3v) is 4.65. The van der Waals surface area contributed by atoms with E-state index in [4.69, 9.17) is 21.7 Å². The first kappa shape index (κ1) is 17.7. The summed E-state index contributed by atoms with van der Waals surface area (Å²) < 4.78 is 12.0. The highest BCUT2D eigenvalue weighted by atomic mass is 79.9. The average Bonchev–Trinajstić information content (AvgIpc) is 2.69. The zero-order valence-corrected chi connectivity index (χ0v) is 16.0. The van der Waals surface area contributed by atoms with Crippen LogP contribution in [0.3, 0.4) is 0 Å². The lowest BCUT2D eigenvalue weighted by atomic mass is 10.1. The van der Waals surface area contributed by atoms with Crippen molar-refractivity contribution >= 4 is 45.2 Å². The number of benzene rings is 1. The molecule has 1 aliphatic rings. The van der Waals surface area contributed by atoms with Gasteiger partial charge in [-0.05, 0) is 49.8 Å². The number of hydrogen-bond donors (Lipinski definition) is 0. The van der Waals surface area contributed by atoms with E-state index in [0.29, 0.717) is 35.5 Å². The lowest BCUT2D eigenvalue weighted by molar-refractivity contribution is -0.121. The van der Waals surface area contributed by atoms with Gasteiger partial charge < -0.3 is 14.4 Å². The van der Waals surface area contributed by atoms with Crippen molar-refractivity contribution in [3.8, 4) is 11.5 Å². The Morgan fingerprint density at radius 1 is 1.13 bits per heavy atom. The third kappa shape index (κ3) is 3.50. The van der Waals surface area contributed by atoms with Crippen LogP contribution in [-0.4, -0.2) is 48.1 Å². The number of likely N-dealkylation sites (N-methyl/N-ethyl adjacent to an activating group) is 2. The topological polar surface area (TPSA) is 42.0 Å². The summed E-state index contributed by atoms with van der Waals surface area (Å²) in [7, 11) is 3.45. The van der Waals surface area contributed by atoms with Crippen LogP contribution in [0.2, 0.25) is 0 Å². The molecule has 124 valence electrons. The van der Waals surface area contributed by atoms with Gasteiger partial charge in [0.25, 0.3) is 5.91 Å². The van der Waals surface area contributed by atoms with Crippen molar-refractivity contribution < 1.29 is 14.3 Å². The van der Waals surface area contributed by atoms with E-state index in [1.807, 2.05) is 26.0 Å². The zero-order valence-electron chi connectivity index (χ0n) is 13.6. The largest absolute Gasteiger partial charge is 0.490 e. The van der Waals surface area contributed by atoms with Gasteiger partial charge in [0.05, 0.1) is 13.2 Å². The molecule has 5 nitrogen and oxygen atoms in total. The van der Waals surface area contributed by atoms with Crippen LogP contribution >= 0.6 is 28.1 Å². The molecule has 1 aliphatic heterocycles. The maximum Gasteiger partial charge on any atom is 0.276 e. The second kappa shape index (κ2) is 7.31. The van der Waals surface area contributed by atoms with E-state index >= 15 is 0 Å². The van der Waals surface area contributed by atoms with Crippen molar-refractivity contribution in [2.24, 2.45) is 0 Å². The molecule has 0 saturated carbocycles. The molecule has 0 atom stereocenters. The molecule has 1 fully saturated rings. The van der Waals surface area contributed by atoms with Crippen molar-refractivity contribution in [2.45, 2.75) is 13.8 Å². The van der Waals surface area contributed by atoms with Crippen LogP contribution in [0.5, 0.6) is 11.5 Å². The fourth-order valence-corrected chi connectivity index (χ4v) is 2.85. The van der Waals surface area contributed by atoms with Gasteiger partial charge in [0.2, 0.25) is 0 Å². The first-order chi connectivity index (χ1) is 10.9. The van der Waals surface area contributed by atoms with Crippen LogP contribution in [0, 0.1) is 0 Å². The fraction of sp³-hybridized carbons (Fsp3) is 0.375. The number of amides is 1. The third-order valence-electron chi connectivity index (χ3n) is 3.41. The predicted molar refractivity (Wildman–Crippen MR) is 97.6 cm³/mol. The predicted octanol–water partition coefficient (Wildman–Crippen LogP) is 3.28. The van der Waals surface area contributed by atoms with Crippen LogP contribution in [-0.2, 0) is 4.79 Å². The molecular weight excluding hydrogens is 380 g/mol. The molecule has 0 unspecified atom stereocenters. The molecule has 0 radical (unpaired) electrons. The van der Waals surface area contributed by atoms with Gasteiger partial charge in [-0.3, -0.25) is 9.69 Å². The summed E-state index contributed by atoms with van der Waals surface area (Å²) in [6.07, 6.45) is 1.79. The van der Waals surface area contributed by atoms with Crippen LogP contribution < -0.4 is 9.47 Å². The van der Waals surface area contributed by atoms with Gasteiger partial charge in [-0.15, -0.1) is 0 Å². The molecule has 7 heteroatoms. The Balaban J connectivity index is 2.47. The molecule has 0 aromatic heterocycles. The van der Waals surface area contributed by atoms with Gasteiger partial charge >= 0.3 is 0 Å². The Morgan fingerprint density at radius 2 is 1.70 bits per heavy atom. The molecule has 1 amide bonds. The minimum Gasteiger partial charge on any atom is -0.490 e. The average molecular weight is 399 g/mol. The molecule has 2 rings (SSSR count). The Morgan fingerprint density at radius 3 is 2.17 bits per heavy atom. The smallest absolute Gasteiger partial charge is 0.276 e. The second-order valence-corrected chi connectivity index (χ2v) is 6.14. The summed E-state index contributed by atoms with van der Waals surface area (Å²) in [5, 5.41) is 0.480. The maximum absolute atomic E-state index is 12.3.